The highest BCUT2D eigenvalue weighted by molar-refractivity contribution is 9.10. The first-order valence-corrected chi connectivity index (χ1v) is 4.60. The SMILES string of the molecule is CCOc1cccc(C(=O)O)c1Br. The van der Waals surface area contributed by atoms with E-state index in [-0.39, 0.29) is 5.56 Å². The third-order valence-corrected chi connectivity index (χ3v) is 2.31. The number of aromatic carboxylic acids is 1. The van der Waals surface area contributed by atoms with Crippen LogP contribution >= 0.6 is 15.9 Å². The molecule has 0 aromatic heterocycles. The zero-order valence-corrected chi connectivity index (χ0v) is 8.67. The van der Waals surface area contributed by atoms with Crippen molar-refractivity contribution >= 4 is 21.9 Å². The molecule has 0 heterocycles. The molecule has 0 atom stereocenters. The van der Waals surface area contributed by atoms with Crippen LogP contribution in [0.2, 0.25) is 0 Å². The van der Waals surface area contributed by atoms with Gasteiger partial charge in [0.05, 0.1) is 16.6 Å². The minimum atomic E-state index is -0.964. The van der Waals surface area contributed by atoms with Gasteiger partial charge in [-0.1, -0.05) is 6.07 Å². The van der Waals surface area contributed by atoms with Gasteiger partial charge in [0, 0.05) is 0 Å². The molecule has 0 spiro atoms. The van der Waals surface area contributed by atoms with Gasteiger partial charge in [-0.15, -0.1) is 0 Å². The number of carbonyl (C=O) groups is 1. The average molecular weight is 245 g/mol. The molecule has 0 fully saturated rings. The second kappa shape index (κ2) is 4.28. The highest BCUT2D eigenvalue weighted by atomic mass is 79.9. The van der Waals surface area contributed by atoms with Crippen LogP contribution < -0.4 is 4.74 Å². The molecule has 0 radical (unpaired) electrons. The fourth-order valence-electron chi connectivity index (χ4n) is 0.943. The molecular formula is C9H9BrO3. The molecule has 4 heteroatoms. The fourth-order valence-corrected chi connectivity index (χ4v) is 1.49. The summed E-state index contributed by atoms with van der Waals surface area (Å²) in [4.78, 5) is 10.7. The van der Waals surface area contributed by atoms with Crippen molar-refractivity contribution in [2.75, 3.05) is 6.61 Å². The predicted octanol–water partition coefficient (Wildman–Crippen LogP) is 2.55. The Bertz CT molecular complexity index is 323. The largest absolute Gasteiger partial charge is 0.493 e. The van der Waals surface area contributed by atoms with Gasteiger partial charge in [0.25, 0.3) is 0 Å². The Morgan fingerprint density at radius 2 is 2.31 bits per heavy atom. The van der Waals surface area contributed by atoms with Crippen LogP contribution in [0.4, 0.5) is 0 Å². The fraction of sp³-hybridized carbons (Fsp3) is 0.222. The Morgan fingerprint density at radius 3 is 2.85 bits per heavy atom. The zero-order chi connectivity index (χ0) is 9.84. The summed E-state index contributed by atoms with van der Waals surface area (Å²) < 4.78 is 5.71. The summed E-state index contributed by atoms with van der Waals surface area (Å²) in [6.45, 7) is 2.36. The van der Waals surface area contributed by atoms with E-state index in [9.17, 15) is 4.79 Å². The normalized spacial score (nSPS) is 9.69. The van der Waals surface area contributed by atoms with Crippen LogP contribution in [0.15, 0.2) is 22.7 Å². The van der Waals surface area contributed by atoms with E-state index in [1.54, 1.807) is 12.1 Å². The summed E-state index contributed by atoms with van der Waals surface area (Å²) in [5.41, 5.74) is 0.214. The van der Waals surface area contributed by atoms with Crippen LogP contribution in [0.5, 0.6) is 5.75 Å². The first-order valence-electron chi connectivity index (χ1n) is 3.81. The summed E-state index contributed by atoms with van der Waals surface area (Å²) in [5, 5.41) is 8.77. The number of rotatable bonds is 3. The molecule has 0 aliphatic heterocycles. The Labute approximate surface area is 84.5 Å². The Morgan fingerprint density at radius 1 is 1.62 bits per heavy atom. The molecule has 0 aliphatic carbocycles. The summed E-state index contributed by atoms with van der Waals surface area (Å²) in [7, 11) is 0. The molecule has 70 valence electrons. The van der Waals surface area contributed by atoms with Crippen molar-refractivity contribution in [3.05, 3.63) is 28.2 Å². The van der Waals surface area contributed by atoms with Crippen molar-refractivity contribution in [1.82, 2.24) is 0 Å². The maximum Gasteiger partial charge on any atom is 0.336 e. The molecule has 0 saturated carbocycles. The van der Waals surface area contributed by atoms with E-state index < -0.39 is 5.97 Å². The van der Waals surface area contributed by atoms with E-state index in [1.807, 2.05) is 6.92 Å². The quantitative estimate of drug-likeness (QED) is 0.889. The van der Waals surface area contributed by atoms with Gasteiger partial charge >= 0.3 is 5.97 Å². The van der Waals surface area contributed by atoms with Gasteiger partial charge in [-0.3, -0.25) is 0 Å². The highest BCUT2D eigenvalue weighted by Gasteiger charge is 2.11. The van der Waals surface area contributed by atoms with E-state index in [1.165, 1.54) is 6.07 Å². The highest BCUT2D eigenvalue weighted by Crippen LogP contribution is 2.28. The van der Waals surface area contributed by atoms with E-state index in [2.05, 4.69) is 15.9 Å². The molecular weight excluding hydrogens is 236 g/mol. The number of hydrogen-bond donors (Lipinski definition) is 1. The van der Waals surface area contributed by atoms with Crippen molar-refractivity contribution in [1.29, 1.82) is 0 Å². The van der Waals surface area contributed by atoms with Crippen LogP contribution in [-0.2, 0) is 0 Å². The van der Waals surface area contributed by atoms with Gasteiger partial charge in [-0.05, 0) is 35.0 Å². The van der Waals surface area contributed by atoms with Crippen molar-refractivity contribution in [3.63, 3.8) is 0 Å². The van der Waals surface area contributed by atoms with Gasteiger partial charge in [0.15, 0.2) is 0 Å². The number of carboxylic acids is 1. The lowest BCUT2D eigenvalue weighted by atomic mass is 10.2. The molecule has 0 bridgehead atoms. The molecule has 0 aliphatic rings. The number of halogens is 1. The second-order valence-corrected chi connectivity index (χ2v) is 3.15. The number of hydrogen-bond acceptors (Lipinski definition) is 2. The van der Waals surface area contributed by atoms with Crippen LogP contribution in [-0.4, -0.2) is 17.7 Å². The minimum absolute atomic E-state index is 0.214. The van der Waals surface area contributed by atoms with Crippen LogP contribution in [0.1, 0.15) is 17.3 Å². The number of carboxylic acid groups (broad SMARTS) is 1. The summed E-state index contributed by atoms with van der Waals surface area (Å²) in [6.07, 6.45) is 0. The van der Waals surface area contributed by atoms with Gasteiger partial charge in [-0.25, -0.2) is 4.79 Å². The molecule has 0 unspecified atom stereocenters. The van der Waals surface area contributed by atoms with Gasteiger partial charge < -0.3 is 9.84 Å². The molecule has 1 N–H and O–H groups in total. The second-order valence-electron chi connectivity index (χ2n) is 2.36. The zero-order valence-electron chi connectivity index (χ0n) is 7.08. The van der Waals surface area contributed by atoms with Crippen molar-refractivity contribution in [2.45, 2.75) is 6.92 Å². The third kappa shape index (κ3) is 2.21. The van der Waals surface area contributed by atoms with Crippen LogP contribution in [0.25, 0.3) is 0 Å². The predicted molar refractivity (Wildman–Crippen MR) is 52.3 cm³/mol. The third-order valence-electron chi connectivity index (χ3n) is 1.49. The van der Waals surface area contributed by atoms with E-state index in [0.717, 1.165) is 0 Å². The molecule has 1 rings (SSSR count). The molecule has 3 nitrogen and oxygen atoms in total. The standard InChI is InChI=1S/C9H9BrO3/c1-2-13-7-5-3-4-6(8(7)10)9(11)12/h3-5H,2H2,1H3,(H,11,12). The monoisotopic (exact) mass is 244 g/mol. The van der Waals surface area contributed by atoms with E-state index >= 15 is 0 Å². The van der Waals surface area contributed by atoms with Crippen molar-refractivity contribution < 1.29 is 14.6 Å². The smallest absolute Gasteiger partial charge is 0.336 e. The van der Waals surface area contributed by atoms with Crippen LogP contribution in [0.3, 0.4) is 0 Å². The number of benzene rings is 1. The lowest BCUT2D eigenvalue weighted by Gasteiger charge is -2.06. The van der Waals surface area contributed by atoms with Crippen molar-refractivity contribution in [2.24, 2.45) is 0 Å². The lowest BCUT2D eigenvalue weighted by molar-refractivity contribution is 0.0695. The summed E-state index contributed by atoms with van der Waals surface area (Å²) >= 11 is 3.18. The van der Waals surface area contributed by atoms with E-state index in [4.69, 9.17) is 9.84 Å². The topological polar surface area (TPSA) is 46.5 Å². The Kier molecular flexibility index (Phi) is 3.31. The van der Waals surface area contributed by atoms with Gasteiger partial charge in [0.1, 0.15) is 5.75 Å². The van der Waals surface area contributed by atoms with Gasteiger partial charge in [0.2, 0.25) is 0 Å². The lowest BCUT2D eigenvalue weighted by Crippen LogP contribution is -2.00. The number of ether oxygens (including phenoxy) is 1. The molecule has 0 saturated heterocycles. The minimum Gasteiger partial charge on any atom is -0.493 e. The van der Waals surface area contributed by atoms with Crippen LogP contribution in [0, 0.1) is 0 Å². The average Bonchev–Trinajstić information content (AvgIpc) is 2.08. The first-order chi connectivity index (χ1) is 6.16. The molecule has 13 heavy (non-hydrogen) atoms. The Hall–Kier alpha value is -1.03. The summed E-state index contributed by atoms with van der Waals surface area (Å²) in [5.74, 6) is -0.407. The first kappa shape index (κ1) is 10.1. The summed E-state index contributed by atoms with van der Waals surface area (Å²) in [6, 6.07) is 4.90. The molecule has 1 aromatic rings. The van der Waals surface area contributed by atoms with E-state index in [0.29, 0.717) is 16.8 Å². The maximum atomic E-state index is 10.7. The Balaban J connectivity index is 3.10. The van der Waals surface area contributed by atoms with Gasteiger partial charge in [-0.2, -0.15) is 0 Å². The van der Waals surface area contributed by atoms with Crippen molar-refractivity contribution in [3.8, 4) is 5.75 Å². The maximum absolute atomic E-state index is 10.7. The molecule has 1 aromatic carbocycles. The molecule has 0 amide bonds.